The van der Waals surface area contributed by atoms with Crippen molar-refractivity contribution in [3.8, 4) is 5.75 Å². The molecule has 1 aliphatic rings. The molecule has 1 heterocycles. The number of phenols is 1. The van der Waals surface area contributed by atoms with Crippen molar-refractivity contribution in [2.45, 2.75) is 25.3 Å². The lowest BCUT2D eigenvalue weighted by atomic mass is 9.97. The van der Waals surface area contributed by atoms with Gasteiger partial charge in [0.15, 0.2) is 0 Å². The summed E-state index contributed by atoms with van der Waals surface area (Å²) in [7, 11) is 0. The van der Waals surface area contributed by atoms with Gasteiger partial charge in [0, 0.05) is 12.1 Å². The van der Waals surface area contributed by atoms with Gasteiger partial charge in [0.2, 0.25) is 5.75 Å². The first-order valence-electron chi connectivity index (χ1n) is 5.50. The molecule has 1 aliphatic heterocycles. The predicted octanol–water partition coefficient (Wildman–Crippen LogP) is 2.88. The molecule has 92 valence electrons. The molecule has 0 spiro atoms. The normalized spacial score (nSPS) is 20.2. The van der Waals surface area contributed by atoms with Gasteiger partial charge in [0.05, 0.1) is 9.40 Å². The van der Waals surface area contributed by atoms with Crippen LogP contribution in [0.5, 0.6) is 5.75 Å². The molecule has 0 saturated carbocycles. The minimum atomic E-state index is -0.563. The summed E-state index contributed by atoms with van der Waals surface area (Å²) in [5.41, 5.74) is 0.600. The number of nitrogens with one attached hydrogen (secondary N) is 1. The van der Waals surface area contributed by atoms with Crippen molar-refractivity contribution in [3.05, 3.63) is 32.3 Å². The van der Waals surface area contributed by atoms with Crippen LogP contribution in [0, 0.1) is 10.1 Å². The number of halogens is 1. The Balaban J connectivity index is 2.37. The van der Waals surface area contributed by atoms with E-state index in [1.165, 1.54) is 6.07 Å². The zero-order chi connectivity index (χ0) is 12.4. The van der Waals surface area contributed by atoms with Crippen molar-refractivity contribution >= 4 is 21.6 Å². The van der Waals surface area contributed by atoms with Crippen molar-refractivity contribution in [1.82, 2.24) is 5.32 Å². The molecule has 0 radical (unpaired) electrons. The molecule has 1 aromatic carbocycles. The predicted molar refractivity (Wildman–Crippen MR) is 67.1 cm³/mol. The maximum absolute atomic E-state index is 10.8. The average molecular weight is 301 g/mol. The fourth-order valence-electron chi connectivity index (χ4n) is 2.08. The number of hydrogen-bond acceptors (Lipinski definition) is 4. The molecule has 6 heteroatoms. The molecule has 1 unspecified atom stereocenters. The molecule has 0 aromatic heterocycles. The summed E-state index contributed by atoms with van der Waals surface area (Å²) in [6, 6.07) is 3.33. The Hall–Kier alpha value is -1.14. The molecule has 17 heavy (non-hydrogen) atoms. The highest BCUT2D eigenvalue weighted by Gasteiger charge is 2.22. The van der Waals surface area contributed by atoms with Gasteiger partial charge in [-0.15, -0.1) is 0 Å². The van der Waals surface area contributed by atoms with E-state index in [0.29, 0.717) is 4.47 Å². The molecule has 2 rings (SSSR count). The molecule has 2 N–H and O–H groups in total. The summed E-state index contributed by atoms with van der Waals surface area (Å²) in [5, 5.41) is 23.7. The van der Waals surface area contributed by atoms with E-state index in [4.69, 9.17) is 0 Å². The van der Waals surface area contributed by atoms with Gasteiger partial charge in [-0.3, -0.25) is 10.1 Å². The fraction of sp³-hybridized carbons (Fsp3) is 0.455. The third-order valence-corrected chi connectivity index (χ3v) is 3.58. The number of rotatable bonds is 2. The first-order chi connectivity index (χ1) is 8.09. The third-order valence-electron chi connectivity index (χ3n) is 2.97. The van der Waals surface area contributed by atoms with E-state index in [1.54, 1.807) is 6.07 Å². The van der Waals surface area contributed by atoms with Gasteiger partial charge >= 0.3 is 5.69 Å². The summed E-state index contributed by atoms with van der Waals surface area (Å²) in [6.07, 6.45) is 3.22. The lowest BCUT2D eigenvalue weighted by Crippen LogP contribution is -2.26. The van der Waals surface area contributed by atoms with Gasteiger partial charge in [-0.25, -0.2) is 0 Å². The number of aromatic hydroxyl groups is 1. The van der Waals surface area contributed by atoms with Crippen molar-refractivity contribution in [2.24, 2.45) is 0 Å². The van der Waals surface area contributed by atoms with E-state index >= 15 is 0 Å². The second-order valence-corrected chi connectivity index (χ2v) is 4.98. The van der Waals surface area contributed by atoms with Crippen molar-refractivity contribution < 1.29 is 10.0 Å². The zero-order valence-electron chi connectivity index (χ0n) is 9.15. The highest BCUT2D eigenvalue weighted by Crippen LogP contribution is 2.37. The van der Waals surface area contributed by atoms with E-state index in [-0.39, 0.29) is 17.5 Å². The Morgan fingerprint density at radius 2 is 2.24 bits per heavy atom. The highest BCUT2D eigenvalue weighted by molar-refractivity contribution is 9.10. The lowest BCUT2D eigenvalue weighted by molar-refractivity contribution is -0.386. The molecule has 5 nitrogen and oxygen atoms in total. The first kappa shape index (κ1) is 12.3. The van der Waals surface area contributed by atoms with Crippen LogP contribution in [0.25, 0.3) is 0 Å². The Kier molecular flexibility index (Phi) is 3.63. The molecule has 1 atom stereocenters. The third kappa shape index (κ3) is 2.58. The molecule has 1 aromatic rings. The van der Waals surface area contributed by atoms with Crippen LogP contribution in [-0.2, 0) is 0 Å². The number of piperidine rings is 1. The topological polar surface area (TPSA) is 75.4 Å². The van der Waals surface area contributed by atoms with Gasteiger partial charge in [0.1, 0.15) is 0 Å². The fourth-order valence-corrected chi connectivity index (χ4v) is 2.55. The van der Waals surface area contributed by atoms with Crippen LogP contribution in [0.2, 0.25) is 0 Å². The average Bonchev–Trinajstić information content (AvgIpc) is 2.33. The Labute approximate surface area is 107 Å². The van der Waals surface area contributed by atoms with Gasteiger partial charge in [-0.2, -0.15) is 0 Å². The SMILES string of the molecule is O=[N+]([O-])c1cc(C2CCCCN2)cc(Br)c1O. The molecule has 0 bridgehead atoms. The summed E-state index contributed by atoms with van der Waals surface area (Å²) >= 11 is 3.15. The minimum absolute atomic E-state index is 0.138. The van der Waals surface area contributed by atoms with Crippen molar-refractivity contribution in [3.63, 3.8) is 0 Å². The summed E-state index contributed by atoms with van der Waals surface area (Å²) in [5.74, 6) is -0.311. The maximum atomic E-state index is 10.8. The van der Waals surface area contributed by atoms with E-state index in [2.05, 4.69) is 21.2 Å². The number of nitro groups is 1. The van der Waals surface area contributed by atoms with Crippen LogP contribution in [0.4, 0.5) is 5.69 Å². The van der Waals surface area contributed by atoms with Crippen molar-refractivity contribution in [2.75, 3.05) is 6.54 Å². The summed E-state index contributed by atoms with van der Waals surface area (Å²) in [6.45, 7) is 0.928. The molecule has 0 aliphatic carbocycles. The maximum Gasteiger partial charge on any atom is 0.312 e. The van der Waals surface area contributed by atoms with E-state index in [9.17, 15) is 15.2 Å². The Morgan fingerprint density at radius 1 is 1.47 bits per heavy atom. The van der Waals surface area contributed by atoms with Crippen LogP contribution in [0.1, 0.15) is 30.9 Å². The van der Waals surface area contributed by atoms with E-state index in [0.717, 1.165) is 31.4 Å². The van der Waals surface area contributed by atoms with Gasteiger partial charge in [-0.1, -0.05) is 6.42 Å². The molecule has 1 fully saturated rings. The largest absolute Gasteiger partial charge is 0.501 e. The smallest absolute Gasteiger partial charge is 0.312 e. The summed E-state index contributed by atoms with van der Waals surface area (Å²) < 4.78 is 0.370. The molecular weight excluding hydrogens is 288 g/mol. The molecule has 0 amide bonds. The van der Waals surface area contributed by atoms with Gasteiger partial charge in [-0.05, 0) is 46.9 Å². The Morgan fingerprint density at radius 3 is 2.82 bits per heavy atom. The number of nitro benzene ring substituents is 1. The van der Waals surface area contributed by atoms with Crippen LogP contribution < -0.4 is 5.32 Å². The first-order valence-corrected chi connectivity index (χ1v) is 6.29. The number of phenolic OH excluding ortho intramolecular Hbond substituents is 1. The monoisotopic (exact) mass is 300 g/mol. The highest BCUT2D eigenvalue weighted by atomic mass is 79.9. The van der Waals surface area contributed by atoms with E-state index in [1.807, 2.05) is 0 Å². The number of benzene rings is 1. The quantitative estimate of drug-likeness (QED) is 0.650. The lowest BCUT2D eigenvalue weighted by Gasteiger charge is -2.24. The van der Waals surface area contributed by atoms with Crippen LogP contribution >= 0.6 is 15.9 Å². The van der Waals surface area contributed by atoms with Gasteiger partial charge in [0.25, 0.3) is 0 Å². The van der Waals surface area contributed by atoms with Crippen LogP contribution in [0.3, 0.4) is 0 Å². The van der Waals surface area contributed by atoms with Gasteiger partial charge < -0.3 is 10.4 Å². The molecule has 1 saturated heterocycles. The Bertz CT molecular complexity index is 445. The number of hydrogen-bond donors (Lipinski definition) is 2. The second-order valence-electron chi connectivity index (χ2n) is 4.13. The van der Waals surface area contributed by atoms with E-state index < -0.39 is 4.92 Å². The minimum Gasteiger partial charge on any atom is -0.501 e. The standard InChI is InChI=1S/C11H13BrN2O3/c12-8-5-7(9-3-1-2-4-13-9)6-10(11(8)15)14(16)17/h5-6,9,13,15H,1-4H2. The van der Waals surface area contributed by atoms with Crippen LogP contribution in [0.15, 0.2) is 16.6 Å². The second kappa shape index (κ2) is 5.01. The zero-order valence-corrected chi connectivity index (χ0v) is 10.7. The number of nitrogens with zero attached hydrogens (tertiary/aromatic N) is 1. The molecular formula is C11H13BrN2O3. The summed E-state index contributed by atoms with van der Waals surface area (Å²) in [4.78, 5) is 10.3. The van der Waals surface area contributed by atoms with Crippen molar-refractivity contribution in [1.29, 1.82) is 0 Å². The van der Waals surface area contributed by atoms with Crippen LogP contribution in [-0.4, -0.2) is 16.6 Å².